The molecule has 6 heteroatoms. The maximum absolute atomic E-state index is 10.2. The van der Waals surface area contributed by atoms with Crippen LogP contribution in [-0.4, -0.2) is 30.6 Å². The Morgan fingerprint density at radius 1 is 0.682 bits per heavy atom. The normalized spacial score (nSPS) is 14.7. The maximum atomic E-state index is 10.2. The Balaban J connectivity index is 2.61. The van der Waals surface area contributed by atoms with Crippen LogP contribution in [0, 0.1) is 6.92 Å². The van der Waals surface area contributed by atoms with Crippen LogP contribution < -0.4 is 0 Å². The first-order valence-corrected chi connectivity index (χ1v) is 6.67. The van der Waals surface area contributed by atoms with E-state index in [0.717, 1.165) is 6.07 Å². The molecule has 0 unspecified atom stereocenters. The number of aromatic hydroxyl groups is 6. The molecule has 0 heterocycles. The molecule has 0 atom stereocenters. The van der Waals surface area contributed by atoms with Crippen LogP contribution in [0.2, 0.25) is 0 Å². The van der Waals surface area contributed by atoms with Crippen molar-refractivity contribution in [1.29, 1.82) is 0 Å². The lowest BCUT2D eigenvalue weighted by Crippen LogP contribution is -2.16. The lowest BCUT2D eigenvalue weighted by molar-refractivity contribution is 0.365. The highest BCUT2D eigenvalue weighted by atomic mass is 16.3. The smallest absolute Gasteiger partial charge is 0.201 e. The second-order valence-corrected chi connectivity index (χ2v) is 6.06. The van der Waals surface area contributed by atoms with E-state index >= 15 is 0 Å². The van der Waals surface area contributed by atoms with Crippen molar-refractivity contribution in [3.05, 3.63) is 22.8 Å². The van der Waals surface area contributed by atoms with Gasteiger partial charge in [-0.1, -0.05) is 13.8 Å². The Labute approximate surface area is 126 Å². The second kappa shape index (κ2) is 3.91. The van der Waals surface area contributed by atoms with Crippen molar-refractivity contribution < 1.29 is 30.6 Å². The average molecular weight is 304 g/mol. The lowest BCUT2D eigenvalue weighted by atomic mass is 9.79. The van der Waals surface area contributed by atoms with Crippen molar-refractivity contribution in [3.63, 3.8) is 0 Å². The summed E-state index contributed by atoms with van der Waals surface area (Å²) in [6.45, 7) is 5.06. The number of rotatable bonds is 0. The predicted molar refractivity (Wildman–Crippen MR) is 78.7 cm³/mol. The third-order valence-electron chi connectivity index (χ3n) is 4.42. The Hall–Kier alpha value is -2.76. The van der Waals surface area contributed by atoms with Gasteiger partial charge in [0.25, 0.3) is 0 Å². The number of fused-ring (bicyclic) bond motifs is 3. The molecule has 6 N–H and O–H groups in total. The summed E-state index contributed by atoms with van der Waals surface area (Å²) in [5, 5.41) is 60.2. The summed E-state index contributed by atoms with van der Waals surface area (Å²) in [5.74, 6) is -3.05. The molecule has 2 aromatic carbocycles. The molecule has 0 saturated carbocycles. The van der Waals surface area contributed by atoms with Crippen LogP contribution in [0.25, 0.3) is 11.1 Å². The van der Waals surface area contributed by atoms with Gasteiger partial charge in [-0.2, -0.15) is 0 Å². The van der Waals surface area contributed by atoms with Gasteiger partial charge in [-0.3, -0.25) is 0 Å². The molecule has 6 nitrogen and oxygen atoms in total. The van der Waals surface area contributed by atoms with Gasteiger partial charge < -0.3 is 30.6 Å². The molecule has 1 aliphatic carbocycles. The van der Waals surface area contributed by atoms with Crippen molar-refractivity contribution in [2.75, 3.05) is 0 Å². The average Bonchev–Trinajstić information content (AvgIpc) is 2.68. The quantitative estimate of drug-likeness (QED) is 0.328. The number of phenols is 6. The van der Waals surface area contributed by atoms with E-state index in [2.05, 4.69) is 0 Å². The van der Waals surface area contributed by atoms with E-state index in [1.807, 2.05) is 0 Å². The van der Waals surface area contributed by atoms with Crippen molar-refractivity contribution in [1.82, 2.24) is 0 Å². The molecule has 22 heavy (non-hydrogen) atoms. The summed E-state index contributed by atoms with van der Waals surface area (Å²) >= 11 is 0. The molecule has 0 aromatic heterocycles. The first-order valence-electron chi connectivity index (χ1n) is 6.67. The fourth-order valence-corrected chi connectivity index (χ4v) is 3.50. The number of hydrogen-bond donors (Lipinski definition) is 6. The predicted octanol–water partition coefficient (Wildman–Crippen LogP) is 2.53. The van der Waals surface area contributed by atoms with Gasteiger partial charge in [0.05, 0.1) is 0 Å². The summed E-state index contributed by atoms with van der Waals surface area (Å²) in [4.78, 5) is 0. The Morgan fingerprint density at radius 3 is 1.82 bits per heavy atom. The Kier molecular flexibility index (Phi) is 2.52. The molecular formula is C16H16O6. The first kappa shape index (κ1) is 14.2. The van der Waals surface area contributed by atoms with Gasteiger partial charge in [-0.15, -0.1) is 0 Å². The van der Waals surface area contributed by atoms with Gasteiger partial charge in [0.2, 0.25) is 5.75 Å². The summed E-state index contributed by atoms with van der Waals surface area (Å²) in [7, 11) is 0. The van der Waals surface area contributed by atoms with Crippen molar-refractivity contribution in [2.24, 2.45) is 0 Å². The van der Waals surface area contributed by atoms with E-state index in [0.29, 0.717) is 16.7 Å². The number of phenolic OH excluding ortho intramolecular Hbond substituents is 6. The second-order valence-electron chi connectivity index (χ2n) is 6.06. The highest BCUT2D eigenvalue weighted by molar-refractivity contribution is 5.95. The Bertz CT molecular complexity index is 836. The summed E-state index contributed by atoms with van der Waals surface area (Å²) in [6, 6.07) is 1.02. The highest BCUT2D eigenvalue weighted by Crippen LogP contribution is 2.63. The third-order valence-corrected chi connectivity index (χ3v) is 4.42. The molecule has 2 aromatic rings. The van der Waals surface area contributed by atoms with E-state index in [1.165, 1.54) is 0 Å². The number of benzene rings is 2. The van der Waals surface area contributed by atoms with Crippen LogP contribution in [0.4, 0.5) is 0 Å². The van der Waals surface area contributed by atoms with Crippen molar-refractivity contribution in [2.45, 2.75) is 26.2 Å². The van der Waals surface area contributed by atoms with Gasteiger partial charge >= 0.3 is 0 Å². The van der Waals surface area contributed by atoms with Gasteiger partial charge in [0, 0.05) is 28.2 Å². The van der Waals surface area contributed by atoms with Crippen LogP contribution in [0.15, 0.2) is 6.07 Å². The minimum atomic E-state index is -0.854. The zero-order valence-corrected chi connectivity index (χ0v) is 12.3. The van der Waals surface area contributed by atoms with Crippen LogP contribution >= 0.6 is 0 Å². The fraction of sp³-hybridized carbons (Fsp3) is 0.250. The van der Waals surface area contributed by atoms with Gasteiger partial charge in [0.15, 0.2) is 23.0 Å². The maximum Gasteiger partial charge on any atom is 0.201 e. The molecule has 0 saturated heterocycles. The summed E-state index contributed by atoms with van der Waals surface area (Å²) < 4.78 is 0. The molecule has 0 aliphatic heterocycles. The summed E-state index contributed by atoms with van der Waals surface area (Å²) in [6.07, 6.45) is 0. The van der Waals surface area contributed by atoms with E-state index < -0.39 is 34.2 Å². The summed E-state index contributed by atoms with van der Waals surface area (Å²) in [5.41, 5.74) is 0.384. The van der Waals surface area contributed by atoms with Gasteiger partial charge in [-0.05, 0) is 18.1 Å². The molecular weight excluding hydrogens is 288 g/mol. The minimum Gasteiger partial charge on any atom is -0.507 e. The zero-order chi connectivity index (χ0) is 16.6. The van der Waals surface area contributed by atoms with E-state index in [-0.39, 0.29) is 16.9 Å². The largest absolute Gasteiger partial charge is 0.507 e. The van der Waals surface area contributed by atoms with Crippen LogP contribution in [0.5, 0.6) is 34.5 Å². The molecule has 0 spiro atoms. The van der Waals surface area contributed by atoms with E-state index in [1.54, 1.807) is 20.8 Å². The molecule has 116 valence electrons. The van der Waals surface area contributed by atoms with Crippen LogP contribution in [-0.2, 0) is 5.41 Å². The highest BCUT2D eigenvalue weighted by Gasteiger charge is 2.45. The monoisotopic (exact) mass is 304 g/mol. The molecule has 0 fully saturated rings. The van der Waals surface area contributed by atoms with Crippen molar-refractivity contribution >= 4 is 0 Å². The van der Waals surface area contributed by atoms with Gasteiger partial charge in [-0.25, -0.2) is 0 Å². The zero-order valence-electron chi connectivity index (χ0n) is 12.3. The molecule has 0 bridgehead atoms. The Morgan fingerprint density at radius 2 is 1.23 bits per heavy atom. The standard InChI is InChI=1S/C16H16O6/c1-5-10-8(14(21)15(22)12(5)19)9-11(16(10,2)3)6(17)4-7(18)13(9)20/h4,17-22H,1-3H3. The fourth-order valence-electron chi connectivity index (χ4n) is 3.50. The van der Waals surface area contributed by atoms with E-state index in [9.17, 15) is 30.6 Å². The van der Waals surface area contributed by atoms with Crippen LogP contribution in [0.1, 0.15) is 30.5 Å². The van der Waals surface area contributed by atoms with E-state index in [4.69, 9.17) is 0 Å². The lowest BCUT2D eigenvalue weighted by Gasteiger charge is -2.24. The molecule has 3 rings (SSSR count). The van der Waals surface area contributed by atoms with Crippen molar-refractivity contribution in [3.8, 4) is 45.6 Å². The minimum absolute atomic E-state index is 0.0494. The first-order chi connectivity index (χ1) is 10.1. The van der Waals surface area contributed by atoms with Gasteiger partial charge in [0.1, 0.15) is 5.75 Å². The molecule has 1 aliphatic rings. The third kappa shape index (κ3) is 1.39. The number of hydrogen-bond acceptors (Lipinski definition) is 6. The molecule has 0 amide bonds. The van der Waals surface area contributed by atoms with Crippen LogP contribution in [0.3, 0.4) is 0 Å². The topological polar surface area (TPSA) is 121 Å². The molecule has 0 radical (unpaired) electrons. The SMILES string of the molecule is Cc1c(O)c(O)c(O)c2c1C(C)(C)c1c(O)cc(O)c(O)c1-2.